The number of anilines is 1. The van der Waals surface area contributed by atoms with E-state index in [1.165, 1.54) is 0 Å². The van der Waals surface area contributed by atoms with Crippen molar-refractivity contribution in [3.05, 3.63) is 59.5 Å². The molecular weight excluding hydrogens is 330 g/mol. The van der Waals surface area contributed by atoms with Gasteiger partial charge in [-0.1, -0.05) is 24.3 Å². The molecule has 0 aliphatic rings. The van der Waals surface area contributed by atoms with E-state index in [4.69, 9.17) is 10.7 Å². The number of hydrogen-bond donors (Lipinski definition) is 2. The number of rotatable bonds is 7. The van der Waals surface area contributed by atoms with Crippen molar-refractivity contribution in [1.29, 1.82) is 0 Å². The molecule has 4 nitrogen and oxygen atoms in total. The molecule has 0 fully saturated rings. The van der Waals surface area contributed by atoms with Crippen LogP contribution in [0.5, 0.6) is 0 Å². The van der Waals surface area contributed by atoms with Gasteiger partial charge in [0.1, 0.15) is 5.01 Å². The molecule has 5 heteroatoms. The number of nitrogens with two attached hydrogens (primary N) is 1. The number of benzene rings is 2. The Labute approximate surface area is 151 Å². The van der Waals surface area contributed by atoms with Gasteiger partial charge in [0.05, 0.1) is 5.69 Å². The van der Waals surface area contributed by atoms with E-state index < -0.39 is 0 Å². The second-order valence-electron chi connectivity index (χ2n) is 5.81. The van der Waals surface area contributed by atoms with Crippen molar-refractivity contribution in [3.8, 4) is 21.8 Å². The molecule has 1 aromatic heterocycles. The lowest BCUT2D eigenvalue weighted by Crippen LogP contribution is -2.11. The first kappa shape index (κ1) is 17.2. The molecule has 1 heterocycles. The van der Waals surface area contributed by atoms with Gasteiger partial charge in [0.25, 0.3) is 0 Å². The number of carbonyl (C=O) groups is 1. The number of hydrogen-bond acceptors (Lipinski definition) is 4. The smallest absolute Gasteiger partial charge is 0.217 e. The number of aryl methyl sites for hydroxylation is 1. The molecule has 0 aliphatic heterocycles. The summed E-state index contributed by atoms with van der Waals surface area (Å²) in [6.07, 6.45) is 1.05. The zero-order valence-electron chi connectivity index (χ0n) is 14.2. The molecule has 2 aromatic carbocycles. The average molecular weight is 351 g/mol. The fraction of sp³-hybridized carbons (Fsp3) is 0.200. The summed E-state index contributed by atoms with van der Waals surface area (Å²) in [5, 5.41) is 6.38. The molecule has 3 rings (SSSR count). The van der Waals surface area contributed by atoms with E-state index in [1.807, 2.05) is 24.3 Å². The third-order valence-electron chi connectivity index (χ3n) is 3.93. The van der Waals surface area contributed by atoms with Gasteiger partial charge in [-0.2, -0.15) is 0 Å². The minimum Gasteiger partial charge on any atom is -0.385 e. The third-order valence-corrected chi connectivity index (χ3v) is 4.82. The Hall–Kier alpha value is -2.66. The van der Waals surface area contributed by atoms with Crippen LogP contribution >= 0.6 is 11.3 Å². The number of nitrogens with zero attached hydrogens (tertiary/aromatic N) is 1. The first-order chi connectivity index (χ1) is 12.2. The van der Waals surface area contributed by atoms with Crippen LogP contribution in [0.3, 0.4) is 0 Å². The fourth-order valence-electron chi connectivity index (χ4n) is 2.58. The van der Waals surface area contributed by atoms with Gasteiger partial charge in [0, 0.05) is 35.2 Å². The standard InChI is InChI=1S/C20H21N3OS/c1-2-22-17-10-8-16(9-11-17)20-23-18(13-25-20)15-6-3-14(4-7-15)5-12-19(21)24/h3-4,6-11,13,22H,2,5,12H2,1H3,(H2,21,24). The Morgan fingerprint density at radius 3 is 2.40 bits per heavy atom. The summed E-state index contributed by atoms with van der Waals surface area (Å²) in [7, 11) is 0. The summed E-state index contributed by atoms with van der Waals surface area (Å²) in [5.41, 5.74) is 10.6. The molecule has 0 bridgehead atoms. The fourth-order valence-corrected chi connectivity index (χ4v) is 3.42. The predicted molar refractivity (Wildman–Crippen MR) is 105 cm³/mol. The molecule has 0 atom stereocenters. The quantitative estimate of drug-likeness (QED) is 0.666. The Kier molecular flexibility index (Phi) is 5.46. The summed E-state index contributed by atoms with van der Waals surface area (Å²) >= 11 is 1.64. The van der Waals surface area contributed by atoms with Crippen LogP contribution in [0.1, 0.15) is 18.9 Å². The molecule has 0 saturated heterocycles. The van der Waals surface area contributed by atoms with Gasteiger partial charge >= 0.3 is 0 Å². The molecule has 0 unspecified atom stereocenters. The molecule has 0 spiro atoms. The van der Waals surface area contributed by atoms with Crippen molar-refractivity contribution in [2.75, 3.05) is 11.9 Å². The third kappa shape index (κ3) is 4.45. The number of amides is 1. The van der Waals surface area contributed by atoms with Crippen LogP contribution in [0.15, 0.2) is 53.9 Å². The Morgan fingerprint density at radius 1 is 1.08 bits per heavy atom. The maximum absolute atomic E-state index is 10.9. The monoisotopic (exact) mass is 351 g/mol. The van der Waals surface area contributed by atoms with E-state index in [2.05, 4.69) is 41.9 Å². The van der Waals surface area contributed by atoms with Gasteiger partial charge < -0.3 is 11.1 Å². The normalized spacial score (nSPS) is 10.6. The Morgan fingerprint density at radius 2 is 1.76 bits per heavy atom. The number of carbonyl (C=O) groups excluding carboxylic acids is 1. The van der Waals surface area contributed by atoms with Crippen molar-refractivity contribution in [2.24, 2.45) is 5.73 Å². The highest BCUT2D eigenvalue weighted by molar-refractivity contribution is 7.13. The molecule has 0 radical (unpaired) electrons. The summed E-state index contributed by atoms with van der Waals surface area (Å²) in [6, 6.07) is 16.5. The first-order valence-electron chi connectivity index (χ1n) is 8.33. The van der Waals surface area contributed by atoms with E-state index in [0.29, 0.717) is 12.8 Å². The zero-order chi connectivity index (χ0) is 17.6. The van der Waals surface area contributed by atoms with Crippen molar-refractivity contribution < 1.29 is 4.79 Å². The zero-order valence-corrected chi connectivity index (χ0v) is 15.0. The van der Waals surface area contributed by atoms with Crippen LogP contribution in [0.25, 0.3) is 21.8 Å². The van der Waals surface area contributed by atoms with E-state index >= 15 is 0 Å². The van der Waals surface area contributed by atoms with Crippen LogP contribution in [-0.4, -0.2) is 17.4 Å². The van der Waals surface area contributed by atoms with Crippen LogP contribution < -0.4 is 11.1 Å². The topological polar surface area (TPSA) is 68.0 Å². The number of nitrogens with one attached hydrogen (secondary N) is 1. The lowest BCUT2D eigenvalue weighted by molar-refractivity contribution is -0.117. The van der Waals surface area contributed by atoms with Crippen LogP contribution in [0.2, 0.25) is 0 Å². The maximum Gasteiger partial charge on any atom is 0.217 e. The predicted octanol–water partition coefficient (Wildman–Crippen LogP) is 4.33. The first-order valence-corrected chi connectivity index (χ1v) is 9.21. The summed E-state index contributed by atoms with van der Waals surface area (Å²) in [5.74, 6) is -0.270. The largest absolute Gasteiger partial charge is 0.385 e. The highest BCUT2D eigenvalue weighted by atomic mass is 32.1. The summed E-state index contributed by atoms with van der Waals surface area (Å²) < 4.78 is 0. The minimum atomic E-state index is -0.270. The number of primary amides is 1. The second kappa shape index (κ2) is 7.94. The SMILES string of the molecule is CCNc1ccc(-c2nc(-c3ccc(CCC(N)=O)cc3)cs2)cc1. The number of aromatic nitrogens is 1. The molecular formula is C20H21N3OS. The Bertz CT molecular complexity index is 838. The van der Waals surface area contributed by atoms with E-state index in [1.54, 1.807) is 11.3 Å². The van der Waals surface area contributed by atoms with E-state index in [-0.39, 0.29) is 5.91 Å². The average Bonchev–Trinajstić information content (AvgIpc) is 3.11. The van der Waals surface area contributed by atoms with Gasteiger partial charge in [0.2, 0.25) is 5.91 Å². The molecule has 3 aromatic rings. The van der Waals surface area contributed by atoms with Crippen LogP contribution in [0.4, 0.5) is 5.69 Å². The summed E-state index contributed by atoms with van der Waals surface area (Å²) in [6.45, 7) is 3.00. The second-order valence-corrected chi connectivity index (χ2v) is 6.67. The molecule has 128 valence electrons. The minimum absolute atomic E-state index is 0.270. The summed E-state index contributed by atoms with van der Waals surface area (Å²) in [4.78, 5) is 15.6. The Balaban J connectivity index is 1.73. The van der Waals surface area contributed by atoms with Crippen molar-refractivity contribution in [1.82, 2.24) is 4.98 Å². The number of thiazole rings is 1. The van der Waals surface area contributed by atoms with Gasteiger partial charge in [-0.05, 0) is 43.2 Å². The van der Waals surface area contributed by atoms with Gasteiger partial charge in [0.15, 0.2) is 0 Å². The van der Waals surface area contributed by atoms with Gasteiger partial charge in [-0.15, -0.1) is 11.3 Å². The van der Waals surface area contributed by atoms with Crippen LogP contribution in [0, 0.1) is 0 Å². The lowest BCUT2D eigenvalue weighted by atomic mass is 10.1. The van der Waals surface area contributed by atoms with Gasteiger partial charge in [-0.25, -0.2) is 4.98 Å². The molecule has 0 saturated carbocycles. The molecule has 1 amide bonds. The highest BCUT2D eigenvalue weighted by Gasteiger charge is 2.07. The highest BCUT2D eigenvalue weighted by Crippen LogP contribution is 2.29. The van der Waals surface area contributed by atoms with Crippen LogP contribution in [-0.2, 0) is 11.2 Å². The van der Waals surface area contributed by atoms with E-state index in [9.17, 15) is 4.79 Å². The molecule has 25 heavy (non-hydrogen) atoms. The molecule has 0 aliphatic carbocycles. The lowest BCUT2D eigenvalue weighted by Gasteiger charge is -2.03. The molecule has 3 N–H and O–H groups in total. The van der Waals surface area contributed by atoms with Crippen molar-refractivity contribution in [3.63, 3.8) is 0 Å². The maximum atomic E-state index is 10.9. The van der Waals surface area contributed by atoms with Gasteiger partial charge in [-0.3, -0.25) is 4.79 Å². The van der Waals surface area contributed by atoms with Crippen molar-refractivity contribution in [2.45, 2.75) is 19.8 Å². The van der Waals surface area contributed by atoms with E-state index in [0.717, 1.165) is 39.6 Å². The van der Waals surface area contributed by atoms with Crippen molar-refractivity contribution >= 4 is 22.9 Å².